The zero-order valence-corrected chi connectivity index (χ0v) is 18.1. The number of piperidine rings is 1. The minimum atomic E-state index is 0.419. The van der Waals surface area contributed by atoms with Crippen molar-refractivity contribution in [1.82, 2.24) is 15.3 Å². The molecule has 160 valence electrons. The highest BCUT2D eigenvalue weighted by Gasteiger charge is 2.19. The molecule has 0 bridgehead atoms. The van der Waals surface area contributed by atoms with Crippen LogP contribution in [0.5, 0.6) is 17.4 Å². The van der Waals surface area contributed by atoms with Crippen LogP contribution in [0.3, 0.4) is 0 Å². The maximum Gasteiger partial charge on any atom is 0.234 e. The second-order valence-corrected chi connectivity index (χ2v) is 7.98. The van der Waals surface area contributed by atoms with Crippen molar-refractivity contribution in [3.8, 4) is 17.4 Å². The van der Waals surface area contributed by atoms with E-state index in [2.05, 4.69) is 32.4 Å². The number of hydrogen-bond donors (Lipinski definition) is 2. The van der Waals surface area contributed by atoms with E-state index in [1.165, 1.54) is 6.42 Å². The van der Waals surface area contributed by atoms with E-state index in [0.29, 0.717) is 42.6 Å². The van der Waals surface area contributed by atoms with Crippen LogP contribution in [0.25, 0.3) is 0 Å². The maximum absolute atomic E-state index is 5.63. The Morgan fingerprint density at radius 3 is 2.87 bits per heavy atom. The molecule has 4 rings (SSSR count). The Labute approximate surface area is 181 Å². The molecular weight excluding hydrogens is 402 g/mol. The van der Waals surface area contributed by atoms with Gasteiger partial charge in [-0.05, 0) is 48.7 Å². The molecule has 0 aliphatic carbocycles. The average Bonchev–Trinajstić information content (AvgIpc) is 2.77. The smallest absolute Gasteiger partial charge is 0.234 e. The standard InChI is InChI=1S/C21H27N5O3S/c1-14-4-3-7-26(13-14)18-11-19(27-2)24-20(23-18)25-21(30)22-12-15-5-6-16-17(10-15)29-9-8-28-16/h5-6,10-11,14H,3-4,7-9,12-13H2,1-2H3,(H2,22,23,24,25,30). The van der Waals surface area contributed by atoms with Gasteiger partial charge in [0.25, 0.3) is 0 Å². The minimum absolute atomic E-state index is 0.419. The van der Waals surface area contributed by atoms with Crippen molar-refractivity contribution in [1.29, 1.82) is 0 Å². The summed E-state index contributed by atoms with van der Waals surface area (Å²) in [6.45, 7) is 5.92. The third-order valence-corrected chi connectivity index (χ3v) is 5.41. The van der Waals surface area contributed by atoms with Crippen molar-refractivity contribution in [2.45, 2.75) is 26.3 Å². The molecule has 2 aliphatic heterocycles. The summed E-state index contributed by atoms with van der Waals surface area (Å²) in [5.74, 6) is 3.96. The summed E-state index contributed by atoms with van der Waals surface area (Å²) in [7, 11) is 1.60. The van der Waals surface area contributed by atoms with Gasteiger partial charge in [-0.15, -0.1) is 0 Å². The molecule has 0 radical (unpaired) electrons. The van der Waals surface area contributed by atoms with Gasteiger partial charge in [-0.25, -0.2) is 0 Å². The highest BCUT2D eigenvalue weighted by molar-refractivity contribution is 7.80. The summed E-state index contributed by atoms with van der Waals surface area (Å²) in [5.41, 5.74) is 1.04. The first-order valence-electron chi connectivity index (χ1n) is 10.2. The third-order valence-electron chi connectivity index (χ3n) is 5.16. The van der Waals surface area contributed by atoms with Crippen LogP contribution in [0, 0.1) is 5.92 Å². The molecule has 8 nitrogen and oxygen atoms in total. The topological polar surface area (TPSA) is 80.8 Å². The summed E-state index contributed by atoms with van der Waals surface area (Å²) in [4.78, 5) is 11.3. The molecule has 9 heteroatoms. The largest absolute Gasteiger partial charge is 0.486 e. The lowest BCUT2D eigenvalue weighted by atomic mass is 10.0. The Kier molecular flexibility index (Phi) is 6.37. The van der Waals surface area contributed by atoms with Gasteiger partial charge < -0.3 is 29.7 Å². The van der Waals surface area contributed by atoms with E-state index in [0.717, 1.165) is 42.4 Å². The number of fused-ring (bicyclic) bond motifs is 1. The second-order valence-electron chi connectivity index (χ2n) is 7.57. The van der Waals surface area contributed by atoms with E-state index in [9.17, 15) is 0 Å². The lowest BCUT2D eigenvalue weighted by Gasteiger charge is -2.32. The zero-order chi connectivity index (χ0) is 20.9. The van der Waals surface area contributed by atoms with Gasteiger partial charge in [-0.2, -0.15) is 9.97 Å². The van der Waals surface area contributed by atoms with Crippen LogP contribution < -0.4 is 29.7 Å². The van der Waals surface area contributed by atoms with Gasteiger partial charge in [0, 0.05) is 25.7 Å². The monoisotopic (exact) mass is 429 g/mol. The second kappa shape index (κ2) is 9.34. The quantitative estimate of drug-likeness (QED) is 0.697. The summed E-state index contributed by atoms with van der Waals surface area (Å²) in [6, 6.07) is 7.73. The lowest BCUT2D eigenvalue weighted by Crippen LogP contribution is -2.35. The van der Waals surface area contributed by atoms with Gasteiger partial charge in [-0.3, -0.25) is 0 Å². The van der Waals surface area contributed by atoms with Crippen molar-refractivity contribution >= 4 is 29.1 Å². The first-order chi connectivity index (χ1) is 14.6. The van der Waals surface area contributed by atoms with Gasteiger partial charge in [0.1, 0.15) is 19.0 Å². The number of methoxy groups -OCH3 is 1. The molecule has 2 N–H and O–H groups in total. The predicted molar refractivity (Wildman–Crippen MR) is 120 cm³/mol. The average molecular weight is 430 g/mol. The molecule has 1 fully saturated rings. The molecule has 0 saturated carbocycles. The van der Waals surface area contributed by atoms with Crippen molar-refractivity contribution in [3.63, 3.8) is 0 Å². The molecule has 1 atom stereocenters. The molecule has 30 heavy (non-hydrogen) atoms. The maximum atomic E-state index is 5.63. The molecule has 0 amide bonds. The number of nitrogens with one attached hydrogen (secondary N) is 2. The third kappa shape index (κ3) is 5.02. The number of benzene rings is 1. The van der Waals surface area contributed by atoms with Crippen LogP contribution >= 0.6 is 12.2 Å². The number of rotatable bonds is 5. The first-order valence-corrected chi connectivity index (χ1v) is 10.6. The molecule has 1 aromatic carbocycles. The molecule has 2 aromatic rings. The Bertz CT molecular complexity index is 910. The fourth-order valence-corrected chi connectivity index (χ4v) is 3.82. The molecule has 1 saturated heterocycles. The molecule has 1 unspecified atom stereocenters. The Balaban J connectivity index is 1.39. The highest BCUT2D eigenvalue weighted by Crippen LogP contribution is 2.30. The first kappa shape index (κ1) is 20.5. The van der Waals surface area contributed by atoms with Gasteiger partial charge in [0.15, 0.2) is 16.6 Å². The summed E-state index contributed by atoms with van der Waals surface area (Å²) < 4.78 is 16.6. The molecular formula is C21H27N5O3S. The summed E-state index contributed by atoms with van der Waals surface area (Å²) in [5, 5.41) is 6.70. The van der Waals surface area contributed by atoms with Crippen molar-refractivity contribution in [2.24, 2.45) is 5.92 Å². The number of aromatic nitrogens is 2. The number of nitrogens with zero attached hydrogens (tertiary/aromatic N) is 3. The van der Waals surface area contributed by atoms with Crippen molar-refractivity contribution in [2.75, 3.05) is 43.6 Å². The van der Waals surface area contributed by atoms with Crippen LogP contribution in [0.15, 0.2) is 24.3 Å². The highest BCUT2D eigenvalue weighted by atomic mass is 32.1. The fraction of sp³-hybridized carbons (Fsp3) is 0.476. The van der Waals surface area contributed by atoms with Gasteiger partial charge in [0.2, 0.25) is 11.8 Å². The summed E-state index contributed by atoms with van der Waals surface area (Å²) in [6.07, 6.45) is 2.41. The Hall–Kier alpha value is -2.81. The van der Waals surface area contributed by atoms with Crippen molar-refractivity contribution in [3.05, 3.63) is 29.8 Å². The van der Waals surface area contributed by atoms with E-state index in [-0.39, 0.29) is 0 Å². The number of hydrogen-bond acceptors (Lipinski definition) is 7. The van der Waals surface area contributed by atoms with Crippen LogP contribution in [0.2, 0.25) is 0 Å². The number of ether oxygens (including phenoxy) is 3. The number of anilines is 2. The van der Waals surface area contributed by atoms with Crippen LogP contribution in [-0.4, -0.2) is 48.5 Å². The van der Waals surface area contributed by atoms with E-state index in [4.69, 9.17) is 26.4 Å². The molecule has 2 aliphatic rings. The molecule has 3 heterocycles. The van der Waals surface area contributed by atoms with E-state index < -0.39 is 0 Å². The molecule has 1 aromatic heterocycles. The van der Waals surface area contributed by atoms with Gasteiger partial charge >= 0.3 is 0 Å². The SMILES string of the molecule is COc1cc(N2CCCC(C)C2)nc(NC(=S)NCc2ccc3c(c2)OCCO3)n1. The van der Waals surface area contributed by atoms with Gasteiger partial charge in [-0.1, -0.05) is 13.0 Å². The normalized spacial score (nSPS) is 17.9. The van der Waals surface area contributed by atoms with E-state index >= 15 is 0 Å². The van der Waals surface area contributed by atoms with Crippen LogP contribution in [0.1, 0.15) is 25.3 Å². The van der Waals surface area contributed by atoms with Gasteiger partial charge in [0.05, 0.1) is 7.11 Å². The molecule has 0 spiro atoms. The van der Waals surface area contributed by atoms with Crippen molar-refractivity contribution < 1.29 is 14.2 Å². The zero-order valence-electron chi connectivity index (χ0n) is 17.3. The number of thiocarbonyl (C=S) groups is 1. The van der Waals surface area contributed by atoms with E-state index in [1.807, 2.05) is 24.3 Å². The fourth-order valence-electron chi connectivity index (χ4n) is 3.66. The van der Waals surface area contributed by atoms with E-state index in [1.54, 1.807) is 7.11 Å². The van der Waals surface area contributed by atoms with Crippen LogP contribution in [-0.2, 0) is 6.54 Å². The van der Waals surface area contributed by atoms with Crippen LogP contribution in [0.4, 0.5) is 11.8 Å². The predicted octanol–water partition coefficient (Wildman–Crippen LogP) is 2.98. The Morgan fingerprint density at radius 2 is 2.07 bits per heavy atom. The Morgan fingerprint density at radius 1 is 1.23 bits per heavy atom. The minimum Gasteiger partial charge on any atom is -0.486 e. The lowest BCUT2D eigenvalue weighted by molar-refractivity contribution is 0.171. The summed E-state index contributed by atoms with van der Waals surface area (Å²) >= 11 is 5.44.